The SMILES string of the molecule is CC(CNC(C)(C)C)N1CCC(C(F)(F)F)CC1. The third-order valence-electron chi connectivity index (χ3n) is 3.54. The molecule has 2 nitrogen and oxygen atoms in total. The van der Waals surface area contributed by atoms with E-state index in [-0.39, 0.29) is 18.4 Å². The predicted molar refractivity (Wildman–Crippen MR) is 67.6 cm³/mol. The first-order valence-corrected chi connectivity index (χ1v) is 6.65. The highest BCUT2D eigenvalue weighted by Crippen LogP contribution is 2.34. The van der Waals surface area contributed by atoms with E-state index in [0.29, 0.717) is 19.1 Å². The lowest BCUT2D eigenvalue weighted by Crippen LogP contribution is -2.49. The van der Waals surface area contributed by atoms with Crippen molar-refractivity contribution in [2.75, 3.05) is 19.6 Å². The molecule has 5 heteroatoms. The van der Waals surface area contributed by atoms with Gasteiger partial charge in [0.05, 0.1) is 5.92 Å². The maximum atomic E-state index is 12.5. The monoisotopic (exact) mass is 266 g/mol. The summed E-state index contributed by atoms with van der Waals surface area (Å²) in [4.78, 5) is 2.15. The van der Waals surface area contributed by atoms with E-state index in [1.807, 2.05) is 0 Å². The van der Waals surface area contributed by atoms with Gasteiger partial charge in [-0.05, 0) is 53.6 Å². The largest absolute Gasteiger partial charge is 0.391 e. The minimum atomic E-state index is -4.01. The molecule has 1 unspecified atom stereocenters. The third-order valence-corrected chi connectivity index (χ3v) is 3.54. The summed E-state index contributed by atoms with van der Waals surface area (Å²) >= 11 is 0. The molecule has 0 radical (unpaired) electrons. The number of alkyl halides is 3. The van der Waals surface area contributed by atoms with Gasteiger partial charge in [-0.1, -0.05) is 0 Å². The molecule has 0 amide bonds. The molecule has 0 aromatic rings. The highest BCUT2D eigenvalue weighted by atomic mass is 19.4. The van der Waals surface area contributed by atoms with E-state index in [2.05, 4.69) is 37.9 Å². The van der Waals surface area contributed by atoms with E-state index in [4.69, 9.17) is 0 Å². The molecule has 0 aliphatic carbocycles. The van der Waals surface area contributed by atoms with E-state index in [1.165, 1.54) is 0 Å². The van der Waals surface area contributed by atoms with Crippen molar-refractivity contribution < 1.29 is 13.2 Å². The van der Waals surface area contributed by atoms with Crippen LogP contribution in [-0.2, 0) is 0 Å². The Morgan fingerprint density at radius 1 is 1.17 bits per heavy atom. The molecular formula is C13H25F3N2. The Kier molecular flexibility index (Phi) is 5.06. The molecule has 1 aliphatic rings. The van der Waals surface area contributed by atoms with E-state index >= 15 is 0 Å². The summed E-state index contributed by atoms with van der Waals surface area (Å²) in [5, 5.41) is 3.40. The zero-order valence-corrected chi connectivity index (χ0v) is 11.8. The molecule has 0 aromatic carbocycles. The number of nitrogens with one attached hydrogen (secondary N) is 1. The number of piperidine rings is 1. The first kappa shape index (κ1) is 15.8. The number of rotatable bonds is 3. The van der Waals surface area contributed by atoms with Crippen LogP contribution >= 0.6 is 0 Å². The Hall–Kier alpha value is -0.290. The highest BCUT2D eigenvalue weighted by Gasteiger charge is 2.41. The smallest absolute Gasteiger partial charge is 0.311 e. The second-order valence-corrected chi connectivity index (χ2v) is 6.33. The number of halogens is 3. The van der Waals surface area contributed by atoms with Gasteiger partial charge >= 0.3 is 6.18 Å². The van der Waals surface area contributed by atoms with Crippen molar-refractivity contribution in [1.29, 1.82) is 0 Å². The Morgan fingerprint density at radius 3 is 2.06 bits per heavy atom. The molecule has 1 heterocycles. The molecule has 0 aromatic heterocycles. The second-order valence-electron chi connectivity index (χ2n) is 6.33. The van der Waals surface area contributed by atoms with Crippen molar-refractivity contribution in [1.82, 2.24) is 10.2 Å². The molecule has 1 rings (SSSR count). The molecule has 1 atom stereocenters. The molecule has 18 heavy (non-hydrogen) atoms. The van der Waals surface area contributed by atoms with Gasteiger partial charge in [0.2, 0.25) is 0 Å². The van der Waals surface area contributed by atoms with E-state index in [9.17, 15) is 13.2 Å². The van der Waals surface area contributed by atoms with Gasteiger partial charge in [0.25, 0.3) is 0 Å². The summed E-state index contributed by atoms with van der Waals surface area (Å²) in [5.41, 5.74) is 0.0541. The lowest BCUT2D eigenvalue weighted by molar-refractivity contribution is -0.186. The zero-order valence-electron chi connectivity index (χ0n) is 11.8. The first-order chi connectivity index (χ1) is 8.09. The Labute approximate surface area is 108 Å². The Morgan fingerprint density at radius 2 is 1.67 bits per heavy atom. The molecule has 1 aliphatic heterocycles. The van der Waals surface area contributed by atoms with Gasteiger partial charge in [-0.25, -0.2) is 0 Å². The number of hydrogen-bond acceptors (Lipinski definition) is 2. The lowest BCUT2D eigenvalue weighted by Gasteiger charge is -2.37. The predicted octanol–water partition coefficient (Wildman–Crippen LogP) is 3.04. The van der Waals surface area contributed by atoms with E-state index < -0.39 is 12.1 Å². The molecule has 0 spiro atoms. The Balaban J connectivity index is 2.34. The van der Waals surface area contributed by atoms with Crippen LogP contribution in [0.4, 0.5) is 13.2 Å². The minimum absolute atomic E-state index is 0.0541. The molecule has 108 valence electrons. The van der Waals surface area contributed by atoms with Crippen molar-refractivity contribution in [3.63, 3.8) is 0 Å². The fourth-order valence-corrected chi connectivity index (χ4v) is 2.25. The van der Waals surface area contributed by atoms with E-state index in [1.54, 1.807) is 0 Å². The molecule has 0 saturated carbocycles. The van der Waals surface area contributed by atoms with Gasteiger partial charge in [0.15, 0.2) is 0 Å². The summed E-state index contributed by atoms with van der Waals surface area (Å²) in [6, 6.07) is 0.290. The fourth-order valence-electron chi connectivity index (χ4n) is 2.25. The van der Waals surface area contributed by atoms with Crippen LogP contribution in [-0.4, -0.2) is 42.3 Å². The topological polar surface area (TPSA) is 15.3 Å². The quantitative estimate of drug-likeness (QED) is 0.844. The van der Waals surface area contributed by atoms with Gasteiger partial charge < -0.3 is 5.32 Å². The summed E-state index contributed by atoms with van der Waals surface area (Å²) in [7, 11) is 0. The minimum Gasteiger partial charge on any atom is -0.311 e. The normalized spacial score (nSPS) is 22.2. The average molecular weight is 266 g/mol. The maximum absolute atomic E-state index is 12.5. The van der Waals surface area contributed by atoms with Crippen LogP contribution in [0.3, 0.4) is 0 Å². The number of likely N-dealkylation sites (tertiary alicyclic amines) is 1. The fraction of sp³-hybridized carbons (Fsp3) is 1.00. The van der Waals surface area contributed by atoms with Crippen LogP contribution in [0.1, 0.15) is 40.5 Å². The summed E-state index contributed by atoms with van der Waals surface area (Å²) < 4.78 is 37.6. The van der Waals surface area contributed by atoms with Crippen LogP contribution in [0.5, 0.6) is 0 Å². The summed E-state index contributed by atoms with van der Waals surface area (Å²) in [6.07, 6.45) is -3.54. The molecule has 1 saturated heterocycles. The van der Waals surface area contributed by atoms with Crippen LogP contribution in [0, 0.1) is 5.92 Å². The summed E-state index contributed by atoms with van der Waals surface area (Å²) in [6.45, 7) is 10.3. The molecule has 0 bridgehead atoms. The molecule has 1 fully saturated rings. The molecular weight excluding hydrogens is 241 g/mol. The van der Waals surface area contributed by atoms with Crippen molar-refractivity contribution >= 4 is 0 Å². The van der Waals surface area contributed by atoms with Crippen molar-refractivity contribution in [3.05, 3.63) is 0 Å². The third kappa shape index (κ3) is 5.14. The number of hydrogen-bond donors (Lipinski definition) is 1. The highest BCUT2D eigenvalue weighted by molar-refractivity contribution is 4.82. The second kappa shape index (κ2) is 5.78. The summed E-state index contributed by atoms with van der Waals surface area (Å²) in [5.74, 6) is -1.10. The average Bonchev–Trinajstić information content (AvgIpc) is 2.24. The van der Waals surface area contributed by atoms with Crippen molar-refractivity contribution in [2.45, 2.75) is 58.3 Å². The van der Waals surface area contributed by atoms with Gasteiger partial charge in [-0.15, -0.1) is 0 Å². The van der Waals surface area contributed by atoms with Crippen LogP contribution < -0.4 is 5.32 Å². The van der Waals surface area contributed by atoms with Crippen LogP contribution in [0.2, 0.25) is 0 Å². The van der Waals surface area contributed by atoms with Gasteiger partial charge in [-0.3, -0.25) is 4.90 Å². The van der Waals surface area contributed by atoms with Gasteiger partial charge in [0, 0.05) is 18.1 Å². The maximum Gasteiger partial charge on any atom is 0.391 e. The first-order valence-electron chi connectivity index (χ1n) is 6.65. The number of nitrogens with zero attached hydrogens (tertiary/aromatic N) is 1. The van der Waals surface area contributed by atoms with E-state index in [0.717, 1.165) is 6.54 Å². The molecule has 1 N–H and O–H groups in total. The standard InChI is InChI=1S/C13H25F3N2/c1-10(9-17-12(2,3)4)18-7-5-11(6-8-18)13(14,15)16/h10-11,17H,5-9H2,1-4H3. The van der Waals surface area contributed by atoms with Crippen LogP contribution in [0.25, 0.3) is 0 Å². The van der Waals surface area contributed by atoms with Gasteiger partial charge in [0.1, 0.15) is 0 Å². The lowest BCUT2D eigenvalue weighted by atomic mass is 9.95. The zero-order chi connectivity index (χ0) is 14.0. The van der Waals surface area contributed by atoms with Crippen LogP contribution in [0.15, 0.2) is 0 Å². The Bertz CT molecular complexity index is 250. The van der Waals surface area contributed by atoms with Crippen molar-refractivity contribution in [2.24, 2.45) is 5.92 Å². The van der Waals surface area contributed by atoms with Crippen molar-refractivity contribution in [3.8, 4) is 0 Å². The van der Waals surface area contributed by atoms with Gasteiger partial charge in [-0.2, -0.15) is 13.2 Å².